The third-order valence-corrected chi connectivity index (χ3v) is 4.11. The van der Waals surface area contributed by atoms with Crippen LogP contribution in [0, 0.1) is 5.92 Å². The van der Waals surface area contributed by atoms with Crippen molar-refractivity contribution in [2.45, 2.75) is 32.6 Å². The summed E-state index contributed by atoms with van der Waals surface area (Å²) < 4.78 is 0. The van der Waals surface area contributed by atoms with Gasteiger partial charge >= 0.3 is 5.97 Å². The van der Waals surface area contributed by atoms with E-state index in [1.807, 2.05) is 18.2 Å². The minimum Gasteiger partial charge on any atom is -0.478 e. The molecule has 1 aliphatic rings. The molecule has 0 saturated carbocycles. The van der Waals surface area contributed by atoms with Gasteiger partial charge in [0.25, 0.3) is 0 Å². The number of hydrogen-bond acceptors (Lipinski definition) is 2. The molecule has 0 aliphatic carbocycles. The lowest BCUT2D eigenvalue weighted by Gasteiger charge is -2.24. The zero-order valence-electron chi connectivity index (χ0n) is 12.1. The van der Waals surface area contributed by atoms with Crippen LogP contribution in [0.4, 0.5) is 5.69 Å². The number of carboxylic acids is 1. The van der Waals surface area contributed by atoms with Crippen LogP contribution in [0.1, 0.15) is 38.2 Å². The average Bonchev–Trinajstić information content (AvgIpc) is 2.70. The highest BCUT2D eigenvalue weighted by atomic mass is 16.4. The van der Waals surface area contributed by atoms with Crippen LogP contribution in [0.5, 0.6) is 0 Å². The molecule has 1 N–H and O–H groups in total. The van der Waals surface area contributed by atoms with E-state index in [1.165, 1.54) is 31.8 Å². The van der Waals surface area contributed by atoms with Gasteiger partial charge in [0.2, 0.25) is 0 Å². The molecule has 0 bridgehead atoms. The van der Waals surface area contributed by atoms with E-state index in [0.717, 1.165) is 30.3 Å². The summed E-state index contributed by atoms with van der Waals surface area (Å²) in [7, 11) is 0. The average molecular weight is 273 g/mol. The fourth-order valence-electron chi connectivity index (χ4n) is 2.89. The molecule has 1 aromatic rings. The summed E-state index contributed by atoms with van der Waals surface area (Å²) in [6.07, 6.45) is 7.92. The Labute approximate surface area is 120 Å². The van der Waals surface area contributed by atoms with Crippen LogP contribution in [-0.4, -0.2) is 24.2 Å². The van der Waals surface area contributed by atoms with Crippen LogP contribution in [0.15, 0.2) is 30.3 Å². The Kier molecular flexibility index (Phi) is 5.22. The molecule has 1 aromatic carbocycles. The second kappa shape index (κ2) is 7.13. The van der Waals surface area contributed by atoms with E-state index < -0.39 is 5.97 Å². The maximum absolute atomic E-state index is 10.7. The van der Waals surface area contributed by atoms with Gasteiger partial charge in [0.1, 0.15) is 0 Å². The second-order valence-electron chi connectivity index (χ2n) is 5.42. The molecule has 3 nitrogen and oxygen atoms in total. The lowest BCUT2D eigenvalue weighted by atomic mass is 9.98. The minimum atomic E-state index is -0.901. The molecule has 0 spiro atoms. The highest BCUT2D eigenvalue weighted by Gasteiger charge is 2.17. The molecule has 2 rings (SSSR count). The van der Waals surface area contributed by atoms with Crippen molar-refractivity contribution in [3.63, 3.8) is 0 Å². The summed E-state index contributed by atoms with van der Waals surface area (Å²) >= 11 is 0. The van der Waals surface area contributed by atoms with Gasteiger partial charge in [-0.1, -0.05) is 31.5 Å². The summed E-state index contributed by atoms with van der Waals surface area (Å²) in [5.74, 6) is -0.0663. The molecule has 0 aromatic heterocycles. The molecule has 20 heavy (non-hydrogen) atoms. The number of aliphatic carboxylic acids is 1. The number of hydrogen-bond donors (Lipinski definition) is 1. The molecule has 108 valence electrons. The lowest BCUT2D eigenvalue weighted by Crippen LogP contribution is -2.24. The van der Waals surface area contributed by atoms with E-state index in [9.17, 15) is 4.79 Å². The van der Waals surface area contributed by atoms with Gasteiger partial charge in [-0.05, 0) is 42.9 Å². The predicted octanol–water partition coefficient (Wildman–Crippen LogP) is 3.80. The van der Waals surface area contributed by atoms with Gasteiger partial charge in [0.05, 0.1) is 0 Å². The van der Waals surface area contributed by atoms with Crippen LogP contribution in [-0.2, 0) is 4.79 Å². The molecule has 1 aliphatic heterocycles. The number of benzene rings is 1. The summed E-state index contributed by atoms with van der Waals surface area (Å²) in [6.45, 7) is 4.40. The lowest BCUT2D eigenvalue weighted by molar-refractivity contribution is -0.131. The Bertz CT molecular complexity index is 482. The van der Waals surface area contributed by atoms with Crippen molar-refractivity contribution in [2.24, 2.45) is 5.92 Å². The Morgan fingerprint density at radius 3 is 2.90 bits per heavy atom. The van der Waals surface area contributed by atoms with Crippen molar-refractivity contribution in [3.05, 3.63) is 35.9 Å². The van der Waals surface area contributed by atoms with Crippen molar-refractivity contribution < 1.29 is 9.90 Å². The zero-order chi connectivity index (χ0) is 14.4. The SMILES string of the molecule is CCC1CCCN(c2ccccc2C=CC(=O)O)CC1. The first-order chi connectivity index (χ1) is 9.70. The summed E-state index contributed by atoms with van der Waals surface area (Å²) in [5, 5.41) is 8.79. The van der Waals surface area contributed by atoms with E-state index in [-0.39, 0.29) is 0 Å². The van der Waals surface area contributed by atoms with E-state index in [1.54, 1.807) is 6.08 Å². The fourth-order valence-corrected chi connectivity index (χ4v) is 2.89. The monoisotopic (exact) mass is 273 g/mol. The molecule has 1 heterocycles. The number of para-hydroxylation sites is 1. The standard InChI is InChI=1S/C17H23NO2/c1-2-14-6-5-12-18(13-11-14)16-8-4-3-7-15(16)9-10-17(19)20/h3-4,7-10,14H,2,5-6,11-13H2,1H3,(H,19,20). The van der Waals surface area contributed by atoms with Crippen molar-refractivity contribution in [3.8, 4) is 0 Å². The quantitative estimate of drug-likeness (QED) is 0.848. The molecular formula is C17H23NO2. The fraction of sp³-hybridized carbons (Fsp3) is 0.471. The first-order valence-corrected chi connectivity index (χ1v) is 7.45. The molecule has 0 radical (unpaired) electrons. The zero-order valence-corrected chi connectivity index (χ0v) is 12.1. The number of carboxylic acid groups (broad SMARTS) is 1. The van der Waals surface area contributed by atoms with E-state index in [2.05, 4.69) is 17.9 Å². The first-order valence-electron chi connectivity index (χ1n) is 7.45. The molecule has 1 unspecified atom stereocenters. The van der Waals surface area contributed by atoms with Crippen molar-refractivity contribution in [2.75, 3.05) is 18.0 Å². The Balaban J connectivity index is 2.17. The summed E-state index contributed by atoms with van der Waals surface area (Å²) in [4.78, 5) is 13.1. The van der Waals surface area contributed by atoms with E-state index >= 15 is 0 Å². The maximum Gasteiger partial charge on any atom is 0.328 e. The van der Waals surface area contributed by atoms with Gasteiger partial charge < -0.3 is 10.0 Å². The van der Waals surface area contributed by atoms with Crippen LogP contribution in [0.2, 0.25) is 0 Å². The van der Waals surface area contributed by atoms with E-state index in [4.69, 9.17) is 5.11 Å². The van der Waals surface area contributed by atoms with Gasteiger partial charge in [-0.15, -0.1) is 0 Å². The van der Waals surface area contributed by atoms with Crippen LogP contribution in [0.3, 0.4) is 0 Å². The molecular weight excluding hydrogens is 250 g/mol. The highest BCUT2D eigenvalue weighted by Crippen LogP contribution is 2.27. The smallest absolute Gasteiger partial charge is 0.328 e. The van der Waals surface area contributed by atoms with Gasteiger partial charge in [-0.3, -0.25) is 0 Å². The van der Waals surface area contributed by atoms with Crippen LogP contribution >= 0.6 is 0 Å². The molecule has 0 amide bonds. The second-order valence-corrected chi connectivity index (χ2v) is 5.42. The Hall–Kier alpha value is -1.77. The number of nitrogens with zero attached hydrogens (tertiary/aromatic N) is 1. The summed E-state index contributed by atoms with van der Waals surface area (Å²) in [6, 6.07) is 8.05. The van der Waals surface area contributed by atoms with Crippen LogP contribution in [0.25, 0.3) is 6.08 Å². The van der Waals surface area contributed by atoms with Gasteiger partial charge in [-0.25, -0.2) is 4.79 Å². The summed E-state index contributed by atoms with van der Waals surface area (Å²) in [5.41, 5.74) is 2.15. The third-order valence-electron chi connectivity index (χ3n) is 4.11. The Morgan fingerprint density at radius 1 is 1.35 bits per heavy atom. The third kappa shape index (κ3) is 3.86. The largest absolute Gasteiger partial charge is 0.478 e. The first kappa shape index (κ1) is 14.6. The van der Waals surface area contributed by atoms with Crippen molar-refractivity contribution in [1.82, 2.24) is 0 Å². The maximum atomic E-state index is 10.7. The van der Waals surface area contributed by atoms with Crippen molar-refractivity contribution in [1.29, 1.82) is 0 Å². The number of carbonyl (C=O) groups is 1. The van der Waals surface area contributed by atoms with Gasteiger partial charge in [0, 0.05) is 24.9 Å². The highest BCUT2D eigenvalue weighted by molar-refractivity contribution is 5.87. The van der Waals surface area contributed by atoms with Gasteiger partial charge in [0.15, 0.2) is 0 Å². The normalized spacial score (nSPS) is 20.1. The number of anilines is 1. The van der Waals surface area contributed by atoms with E-state index in [0.29, 0.717) is 0 Å². The topological polar surface area (TPSA) is 40.5 Å². The van der Waals surface area contributed by atoms with Gasteiger partial charge in [-0.2, -0.15) is 0 Å². The van der Waals surface area contributed by atoms with Crippen LogP contribution < -0.4 is 4.90 Å². The molecule has 1 saturated heterocycles. The molecule has 1 fully saturated rings. The molecule has 1 atom stereocenters. The minimum absolute atomic E-state index is 0.835. The Morgan fingerprint density at radius 2 is 2.15 bits per heavy atom. The molecule has 3 heteroatoms. The predicted molar refractivity (Wildman–Crippen MR) is 83.0 cm³/mol. The number of rotatable bonds is 4. The van der Waals surface area contributed by atoms with Crippen molar-refractivity contribution >= 4 is 17.7 Å².